The number of rotatable bonds is 4. The van der Waals surface area contributed by atoms with Crippen molar-refractivity contribution >= 4 is 38.5 Å². The molecule has 1 heterocycles. The molecule has 1 aliphatic rings. The summed E-state index contributed by atoms with van der Waals surface area (Å²) in [5.41, 5.74) is 1.39. The van der Waals surface area contributed by atoms with E-state index in [1.807, 2.05) is 0 Å². The Labute approximate surface area is 131 Å². The normalized spacial score (nSPS) is 21.8. The first-order chi connectivity index (χ1) is 8.72. The molecule has 1 N–H and O–H groups in total. The number of hydrogen-bond donors (Lipinski definition) is 1. The Balaban J connectivity index is 2.24. The Kier molecular flexibility index (Phi) is 5.92. The fraction of sp³-hybridized carbons (Fsp3) is 0.571. The van der Waals surface area contributed by atoms with Crippen LogP contribution in [0.3, 0.4) is 0 Å². The molecule has 0 amide bonds. The highest BCUT2D eigenvalue weighted by atomic mass is 127. The van der Waals surface area contributed by atoms with Crippen molar-refractivity contribution in [2.45, 2.75) is 25.8 Å². The van der Waals surface area contributed by atoms with Gasteiger partial charge in [-0.3, -0.25) is 0 Å². The summed E-state index contributed by atoms with van der Waals surface area (Å²) in [7, 11) is 0. The summed E-state index contributed by atoms with van der Waals surface area (Å²) >= 11 is 6.00. The van der Waals surface area contributed by atoms with E-state index in [4.69, 9.17) is 4.74 Å². The van der Waals surface area contributed by atoms with Gasteiger partial charge in [0.2, 0.25) is 0 Å². The lowest BCUT2D eigenvalue weighted by Gasteiger charge is -2.32. The molecule has 100 valence electrons. The third-order valence-corrected chi connectivity index (χ3v) is 4.86. The summed E-state index contributed by atoms with van der Waals surface area (Å²) < 4.78 is 8.12. The molecule has 2 nitrogen and oxygen atoms in total. The van der Waals surface area contributed by atoms with Crippen LogP contribution in [0.2, 0.25) is 0 Å². The molecule has 1 fully saturated rings. The largest absolute Gasteiger partial charge is 0.381 e. The number of hydrogen-bond acceptors (Lipinski definition) is 2. The molecule has 2 unspecified atom stereocenters. The average Bonchev–Trinajstić information content (AvgIpc) is 2.40. The maximum atomic E-state index is 5.65. The van der Waals surface area contributed by atoms with Gasteiger partial charge in [0.25, 0.3) is 0 Å². The van der Waals surface area contributed by atoms with Gasteiger partial charge in [0.1, 0.15) is 0 Å². The van der Waals surface area contributed by atoms with Gasteiger partial charge in [0.05, 0.1) is 6.61 Å². The molecule has 0 aromatic heterocycles. The second-order valence-corrected chi connectivity index (χ2v) is 6.76. The second-order valence-electron chi connectivity index (χ2n) is 4.68. The Hall–Kier alpha value is 0.350. The minimum atomic E-state index is 0.402. The van der Waals surface area contributed by atoms with Crippen LogP contribution in [0.5, 0.6) is 0 Å². The maximum Gasteiger partial charge on any atom is 0.0512 e. The Bertz CT molecular complexity index is 393. The van der Waals surface area contributed by atoms with Gasteiger partial charge in [-0.1, -0.05) is 22.9 Å². The van der Waals surface area contributed by atoms with E-state index in [2.05, 4.69) is 69.0 Å². The van der Waals surface area contributed by atoms with E-state index in [0.717, 1.165) is 24.2 Å². The monoisotopic (exact) mass is 423 g/mol. The lowest BCUT2D eigenvalue weighted by molar-refractivity contribution is 0.0391. The van der Waals surface area contributed by atoms with Gasteiger partial charge < -0.3 is 10.1 Å². The van der Waals surface area contributed by atoms with Crippen molar-refractivity contribution in [2.75, 3.05) is 19.8 Å². The van der Waals surface area contributed by atoms with Crippen LogP contribution in [-0.2, 0) is 4.74 Å². The molecule has 0 aliphatic carbocycles. The van der Waals surface area contributed by atoms with E-state index in [1.54, 1.807) is 0 Å². The summed E-state index contributed by atoms with van der Waals surface area (Å²) in [4.78, 5) is 0. The second kappa shape index (κ2) is 7.22. The van der Waals surface area contributed by atoms with Crippen LogP contribution in [0.25, 0.3) is 0 Å². The van der Waals surface area contributed by atoms with Crippen molar-refractivity contribution in [2.24, 2.45) is 5.92 Å². The van der Waals surface area contributed by atoms with Gasteiger partial charge in [-0.25, -0.2) is 0 Å². The zero-order chi connectivity index (χ0) is 13.0. The topological polar surface area (TPSA) is 21.3 Å². The molecule has 4 heteroatoms. The van der Waals surface area contributed by atoms with Crippen molar-refractivity contribution in [3.8, 4) is 0 Å². The van der Waals surface area contributed by atoms with Gasteiger partial charge in [0.15, 0.2) is 0 Å². The van der Waals surface area contributed by atoms with E-state index in [0.29, 0.717) is 12.0 Å². The lowest BCUT2D eigenvalue weighted by Crippen LogP contribution is -2.33. The lowest BCUT2D eigenvalue weighted by atomic mass is 9.88. The molecule has 0 radical (unpaired) electrons. The first-order valence-corrected chi connectivity index (χ1v) is 8.35. The van der Waals surface area contributed by atoms with Crippen LogP contribution < -0.4 is 5.32 Å². The van der Waals surface area contributed by atoms with Gasteiger partial charge in [-0.2, -0.15) is 0 Å². The van der Waals surface area contributed by atoms with Crippen LogP contribution in [0.1, 0.15) is 31.4 Å². The Morgan fingerprint density at radius 2 is 2.39 bits per heavy atom. The smallest absolute Gasteiger partial charge is 0.0512 e. The molecule has 1 aliphatic heterocycles. The zero-order valence-corrected chi connectivity index (χ0v) is 14.3. The molecule has 1 aromatic carbocycles. The van der Waals surface area contributed by atoms with Crippen LogP contribution in [0, 0.1) is 9.49 Å². The molecule has 2 rings (SSSR count). The van der Waals surface area contributed by atoms with Crippen molar-refractivity contribution < 1.29 is 4.74 Å². The van der Waals surface area contributed by atoms with Crippen LogP contribution in [-0.4, -0.2) is 19.8 Å². The van der Waals surface area contributed by atoms with E-state index < -0.39 is 0 Å². The first-order valence-electron chi connectivity index (χ1n) is 6.48. The van der Waals surface area contributed by atoms with Crippen LogP contribution >= 0.6 is 38.5 Å². The predicted octanol–water partition coefficient (Wildman–Crippen LogP) is 4.13. The Morgan fingerprint density at radius 3 is 3.06 bits per heavy atom. The Morgan fingerprint density at radius 1 is 1.56 bits per heavy atom. The van der Waals surface area contributed by atoms with E-state index in [1.165, 1.54) is 22.0 Å². The molecule has 0 bridgehead atoms. The summed E-state index contributed by atoms with van der Waals surface area (Å²) in [6, 6.07) is 6.92. The van der Waals surface area contributed by atoms with Crippen molar-refractivity contribution in [1.82, 2.24) is 5.32 Å². The fourth-order valence-corrected chi connectivity index (χ4v) is 3.58. The minimum Gasteiger partial charge on any atom is -0.381 e. The van der Waals surface area contributed by atoms with Crippen molar-refractivity contribution in [3.05, 3.63) is 31.8 Å². The quantitative estimate of drug-likeness (QED) is 0.735. The molecule has 0 spiro atoms. The van der Waals surface area contributed by atoms with E-state index in [-0.39, 0.29) is 0 Å². The van der Waals surface area contributed by atoms with Crippen molar-refractivity contribution in [3.63, 3.8) is 0 Å². The molecule has 1 aromatic rings. The molecular weight excluding hydrogens is 405 g/mol. The highest BCUT2D eigenvalue weighted by Crippen LogP contribution is 2.33. The highest BCUT2D eigenvalue weighted by molar-refractivity contribution is 14.1. The van der Waals surface area contributed by atoms with Gasteiger partial charge in [-0.05, 0) is 65.7 Å². The summed E-state index contributed by atoms with van der Waals surface area (Å²) in [6.45, 7) is 4.95. The molecule has 0 saturated carbocycles. The SMILES string of the molecule is CCNC(c1cc(Br)ccc1I)C1CCCOC1. The van der Waals surface area contributed by atoms with Gasteiger partial charge >= 0.3 is 0 Å². The molecule has 2 atom stereocenters. The standard InChI is InChI=1S/C14H19BrINO/c1-2-17-14(10-4-3-7-18-9-10)12-8-11(15)5-6-13(12)16/h5-6,8,10,14,17H,2-4,7,9H2,1H3. The third-order valence-electron chi connectivity index (χ3n) is 3.38. The highest BCUT2D eigenvalue weighted by Gasteiger charge is 2.26. The van der Waals surface area contributed by atoms with Crippen molar-refractivity contribution in [1.29, 1.82) is 0 Å². The summed E-state index contributed by atoms with van der Waals surface area (Å²) in [5, 5.41) is 3.63. The van der Waals surface area contributed by atoms with E-state index >= 15 is 0 Å². The molecule has 1 saturated heterocycles. The van der Waals surface area contributed by atoms with Gasteiger partial charge in [0, 0.05) is 26.6 Å². The average molecular weight is 424 g/mol. The van der Waals surface area contributed by atoms with Crippen LogP contribution in [0.4, 0.5) is 0 Å². The molecule has 18 heavy (non-hydrogen) atoms. The number of benzene rings is 1. The first kappa shape index (κ1) is 14.8. The number of halogens is 2. The third kappa shape index (κ3) is 3.68. The molecular formula is C14H19BrINO. The van der Waals surface area contributed by atoms with E-state index in [9.17, 15) is 0 Å². The minimum absolute atomic E-state index is 0.402. The van der Waals surface area contributed by atoms with Crippen LogP contribution in [0.15, 0.2) is 22.7 Å². The van der Waals surface area contributed by atoms with Gasteiger partial charge in [-0.15, -0.1) is 0 Å². The number of nitrogens with one attached hydrogen (secondary N) is 1. The maximum absolute atomic E-state index is 5.65. The predicted molar refractivity (Wildman–Crippen MR) is 86.8 cm³/mol. The number of ether oxygens (including phenoxy) is 1. The summed E-state index contributed by atoms with van der Waals surface area (Å²) in [5.74, 6) is 0.585. The fourth-order valence-electron chi connectivity index (χ4n) is 2.53. The zero-order valence-electron chi connectivity index (χ0n) is 10.6. The summed E-state index contributed by atoms with van der Waals surface area (Å²) in [6.07, 6.45) is 2.43.